The van der Waals surface area contributed by atoms with Gasteiger partial charge >= 0.3 is 0 Å². The quantitative estimate of drug-likeness (QED) is 0.184. The molecule has 0 amide bonds. The van der Waals surface area contributed by atoms with E-state index >= 15 is 4.39 Å². The summed E-state index contributed by atoms with van der Waals surface area (Å²) < 4.78 is 43.8. The van der Waals surface area contributed by atoms with Crippen LogP contribution in [0.15, 0.2) is 79.4 Å². The number of ether oxygens (including phenoxy) is 5. The van der Waals surface area contributed by atoms with E-state index in [-0.39, 0.29) is 23.5 Å². The van der Waals surface area contributed by atoms with Crippen molar-refractivity contribution in [2.45, 2.75) is 25.7 Å². The molecule has 9 nitrogen and oxygen atoms in total. The molecular formula is C28H23FN2O7. The normalized spacial score (nSPS) is 13.6. The lowest BCUT2D eigenvalue weighted by atomic mass is 10.0. The smallest absolute Gasteiger partial charge is 0.276 e. The van der Waals surface area contributed by atoms with Crippen molar-refractivity contribution in [1.29, 1.82) is 0 Å². The first-order chi connectivity index (χ1) is 18.4. The number of methoxy groups -OCH3 is 1. The largest absolute Gasteiger partial charge is 0.493 e. The van der Waals surface area contributed by atoms with Crippen LogP contribution in [-0.4, -0.2) is 22.8 Å². The van der Waals surface area contributed by atoms with E-state index in [0.29, 0.717) is 29.0 Å². The molecule has 0 saturated heterocycles. The Bertz CT molecular complexity index is 1520. The lowest BCUT2D eigenvalue weighted by molar-refractivity contribution is -0.386. The molecule has 1 aliphatic heterocycles. The highest BCUT2D eigenvalue weighted by molar-refractivity contribution is 5.88. The third-order valence-electron chi connectivity index (χ3n) is 6.01. The van der Waals surface area contributed by atoms with Gasteiger partial charge in [0, 0.05) is 30.6 Å². The predicted molar refractivity (Wildman–Crippen MR) is 136 cm³/mol. The minimum absolute atomic E-state index is 0.198. The fourth-order valence-electron chi connectivity index (χ4n) is 4.13. The number of pyridine rings is 1. The molecule has 0 atom stereocenters. The summed E-state index contributed by atoms with van der Waals surface area (Å²) in [6.07, 6.45) is 3.91. The van der Waals surface area contributed by atoms with Crippen molar-refractivity contribution >= 4 is 16.6 Å². The van der Waals surface area contributed by atoms with Crippen LogP contribution >= 0.6 is 0 Å². The van der Waals surface area contributed by atoms with Crippen LogP contribution in [0.2, 0.25) is 0 Å². The number of nitro benzene ring substituents is 1. The third-order valence-corrected chi connectivity index (χ3v) is 6.01. The van der Waals surface area contributed by atoms with Gasteiger partial charge in [-0.2, -0.15) is 0 Å². The lowest BCUT2D eigenvalue weighted by Crippen LogP contribution is -2.29. The topological polar surface area (TPSA) is 102 Å². The van der Waals surface area contributed by atoms with E-state index < -0.39 is 22.2 Å². The summed E-state index contributed by atoms with van der Waals surface area (Å²) in [5, 5.41) is 12.1. The van der Waals surface area contributed by atoms with Crippen LogP contribution in [0.3, 0.4) is 0 Å². The third kappa shape index (κ3) is 5.01. The van der Waals surface area contributed by atoms with E-state index in [4.69, 9.17) is 23.7 Å². The van der Waals surface area contributed by atoms with E-state index in [1.165, 1.54) is 38.0 Å². The maximum absolute atomic E-state index is 15.7. The molecule has 0 unspecified atom stereocenters. The number of hydrogen-bond donors (Lipinski definition) is 0. The zero-order valence-electron chi connectivity index (χ0n) is 20.5. The van der Waals surface area contributed by atoms with Gasteiger partial charge in [-0.15, -0.1) is 0 Å². The van der Waals surface area contributed by atoms with Gasteiger partial charge in [0.05, 0.1) is 29.5 Å². The minimum atomic E-state index is -1.28. The van der Waals surface area contributed by atoms with Gasteiger partial charge in [-0.25, -0.2) is 4.39 Å². The van der Waals surface area contributed by atoms with Crippen molar-refractivity contribution < 1.29 is 33.0 Å². The second-order valence-electron chi connectivity index (χ2n) is 8.66. The highest BCUT2D eigenvalue weighted by atomic mass is 19.1. The Hall–Kier alpha value is -4.86. The molecule has 0 radical (unpaired) electrons. The maximum Gasteiger partial charge on any atom is 0.276 e. The SMILES string of the molecule is COc1cc2c(Oc3ccc([N+](=O)[O-])c(CC4(C)OC=CO4)c3F)ccnc2cc1OCc1ccccc1. The molecule has 1 aliphatic rings. The van der Waals surface area contributed by atoms with E-state index in [1.54, 1.807) is 25.1 Å². The molecule has 0 spiro atoms. The van der Waals surface area contributed by atoms with Gasteiger partial charge in [0.15, 0.2) is 23.1 Å². The van der Waals surface area contributed by atoms with Gasteiger partial charge in [-0.3, -0.25) is 15.1 Å². The Kier molecular flexibility index (Phi) is 6.69. The molecule has 3 aromatic carbocycles. The van der Waals surface area contributed by atoms with Crippen molar-refractivity contribution in [3.8, 4) is 23.0 Å². The zero-order valence-corrected chi connectivity index (χ0v) is 20.5. The number of halogens is 1. The summed E-state index contributed by atoms with van der Waals surface area (Å²) in [5.41, 5.74) is 0.908. The fourth-order valence-corrected chi connectivity index (χ4v) is 4.13. The van der Waals surface area contributed by atoms with Gasteiger partial charge in [-0.1, -0.05) is 30.3 Å². The molecular weight excluding hydrogens is 495 g/mol. The first-order valence-corrected chi connectivity index (χ1v) is 11.6. The number of nitro groups is 1. The summed E-state index contributed by atoms with van der Waals surface area (Å²) in [6, 6.07) is 17.1. The molecule has 4 aromatic rings. The summed E-state index contributed by atoms with van der Waals surface area (Å²) in [5.74, 6) is -1.17. The van der Waals surface area contributed by atoms with Crippen molar-refractivity contribution in [1.82, 2.24) is 4.98 Å². The highest BCUT2D eigenvalue weighted by Crippen LogP contribution is 2.40. The first-order valence-electron chi connectivity index (χ1n) is 11.6. The predicted octanol–water partition coefficient (Wildman–Crippen LogP) is 6.44. The molecule has 194 valence electrons. The number of hydrogen-bond acceptors (Lipinski definition) is 8. The van der Waals surface area contributed by atoms with Crippen LogP contribution in [0.5, 0.6) is 23.0 Å². The Morgan fingerprint density at radius 3 is 2.47 bits per heavy atom. The lowest BCUT2D eigenvalue weighted by Gasteiger charge is -2.23. The van der Waals surface area contributed by atoms with Gasteiger partial charge in [0.25, 0.3) is 11.5 Å². The van der Waals surface area contributed by atoms with Crippen LogP contribution in [0.4, 0.5) is 10.1 Å². The number of nitrogens with zero attached hydrogens (tertiary/aromatic N) is 2. The van der Waals surface area contributed by atoms with Crippen LogP contribution in [-0.2, 0) is 22.5 Å². The number of benzene rings is 3. The minimum Gasteiger partial charge on any atom is -0.493 e. The Morgan fingerprint density at radius 2 is 1.76 bits per heavy atom. The monoisotopic (exact) mass is 518 g/mol. The second kappa shape index (κ2) is 10.3. The zero-order chi connectivity index (χ0) is 26.7. The van der Waals surface area contributed by atoms with Crippen molar-refractivity contribution in [2.75, 3.05) is 7.11 Å². The van der Waals surface area contributed by atoms with Crippen molar-refractivity contribution in [2.24, 2.45) is 0 Å². The molecule has 1 aromatic heterocycles. The molecule has 0 saturated carbocycles. The summed E-state index contributed by atoms with van der Waals surface area (Å²) >= 11 is 0. The van der Waals surface area contributed by atoms with E-state index in [1.807, 2.05) is 30.3 Å². The van der Waals surface area contributed by atoms with Crippen molar-refractivity contribution in [3.05, 3.63) is 106 Å². The average molecular weight is 518 g/mol. The van der Waals surface area contributed by atoms with Gasteiger partial charge < -0.3 is 23.7 Å². The average Bonchev–Trinajstić information content (AvgIpc) is 3.35. The van der Waals surface area contributed by atoms with E-state index in [9.17, 15) is 10.1 Å². The molecule has 5 rings (SSSR count). The fraction of sp³-hybridized carbons (Fsp3) is 0.179. The summed E-state index contributed by atoms with van der Waals surface area (Å²) in [4.78, 5) is 15.3. The maximum atomic E-state index is 15.7. The van der Waals surface area contributed by atoms with E-state index in [0.717, 1.165) is 5.56 Å². The number of fused-ring (bicyclic) bond motifs is 1. The first kappa shape index (κ1) is 24.8. The van der Waals surface area contributed by atoms with Crippen LogP contribution in [0, 0.1) is 15.9 Å². The van der Waals surface area contributed by atoms with Crippen LogP contribution < -0.4 is 14.2 Å². The van der Waals surface area contributed by atoms with Gasteiger partial charge in [-0.05, 0) is 23.8 Å². The standard InChI is InChI=1S/C28H23FN2O7/c1-28(36-12-13-37-28)16-20-22(31(32)33)8-9-24(27(20)29)38-23-10-11-30-21-15-26(25(34-2)14-19(21)23)35-17-18-6-4-3-5-7-18/h3-15H,16-17H2,1-2H3. The van der Waals surface area contributed by atoms with Crippen LogP contribution in [0.25, 0.3) is 10.9 Å². The van der Waals surface area contributed by atoms with E-state index in [2.05, 4.69) is 4.98 Å². The summed E-state index contributed by atoms with van der Waals surface area (Å²) in [6.45, 7) is 1.89. The van der Waals surface area contributed by atoms with Crippen LogP contribution in [0.1, 0.15) is 18.1 Å². The molecule has 10 heteroatoms. The molecule has 0 bridgehead atoms. The Balaban J connectivity index is 1.48. The van der Waals surface area contributed by atoms with Crippen molar-refractivity contribution in [3.63, 3.8) is 0 Å². The highest BCUT2D eigenvalue weighted by Gasteiger charge is 2.36. The second-order valence-corrected chi connectivity index (χ2v) is 8.66. The Labute approximate surface area is 217 Å². The van der Waals surface area contributed by atoms with Gasteiger partial charge in [0.1, 0.15) is 24.9 Å². The molecule has 0 N–H and O–H groups in total. The Morgan fingerprint density at radius 1 is 1.00 bits per heavy atom. The number of aromatic nitrogens is 1. The van der Waals surface area contributed by atoms with Gasteiger partial charge in [0.2, 0.25) is 0 Å². The molecule has 0 fully saturated rings. The number of rotatable bonds is 9. The molecule has 2 heterocycles. The molecule has 0 aliphatic carbocycles. The summed E-state index contributed by atoms with van der Waals surface area (Å²) in [7, 11) is 1.51. The molecule has 38 heavy (non-hydrogen) atoms.